The average molecular weight is 189 g/mol. The van der Waals surface area contributed by atoms with E-state index in [1.54, 1.807) is 19.3 Å². The molecule has 2 fully saturated rings. The Morgan fingerprint density at radius 1 is 1.11 bits per heavy atom. The van der Waals surface area contributed by atoms with Gasteiger partial charge in [-0.3, -0.25) is 0 Å². The van der Waals surface area contributed by atoms with Crippen LogP contribution in [0.4, 0.5) is 0 Å². The van der Waals surface area contributed by atoms with Crippen LogP contribution in [-0.4, -0.2) is 5.33 Å². The van der Waals surface area contributed by atoms with Gasteiger partial charge in [-0.2, -0.15) is 0 Å². The van der Waals surface area contributed by atoms with E-state index in [4.69, 9.17) is 0 Å². The van der Waals surface area contributed by atoms with Crippen molar-refractivity contribution in [1.29, 1.82) is 0 Å². The van der Waals surface area contributed by atoms with Crippen LogP contribution in [0.2, 0.25) is 0 Å². The van der Waals surface area contributed by atoms with Crippen LogP contribution in [-0.2, 0) is 0 Å². The van der Waals surface area contributed by atoms with Crippen molar-refractivity contribution in [3.05, 3.63) is 0 Å². The quantitative estimate of drug-likeness (QED) is 0.586. The van der Waals surface area contributed by atoms with Gasteiger partial charge < -0.3 is 0 Å². The largest absolute Gasteiger partial charge is 0.0928 e. The Morgan fingerprint density at radius 3 is 2.33 bits per heavy atom. The Morgan fingerprint density at radius 2 is 1.78 bits per heavy atom. The van der Waals surface area contributed by atoms with Gasteiger partial charge in [-0.1, -0.05) is 15.9 Å². The van der Waals surface area contributed by atoms with Crippen LogP contribution in [0, 0.1) is 17.8 Å². The lowest BCUT2D eigenvalue weighted by molar-refractivity contribution is 0.478. The van der Waals surface area contributed by atoms with Gasteiger partial charge in [0.2, 0.25) is 0 Å². The highest BCUT2D eigenvalue weighted by molar-refractivity contribution is 9.09. The Labute approximate surface area is 65.1 Å². The molecule has 2 aliphatic rings. The summed E-state index contributed by atoms with van der Waals surface area (Å²) in [4.78, 5) is 0. The maximum Gasteiger partial charge on any atom is 0.00339 e. The van der Waals surface area contributed by atoms with E-state index in [0.29, 0.717) is 0 Å². The van der Waals surface area contributed by atoms with Gasteiger partial charge in [-0.05, 0) is 43.4 Å². The molecule has 52 valence electrons. The number of alkyl halides is 1. The van der Waals surface area contributed by atoms with Crippen molar-refractivity contribution in [3.8, 4) is 0 Å². The van der Waals surface area contributed by atoms with E-state index in [1.165, 1.54) is 23.6 Å². The van der Waals surface area contributed by atoms with Gasteiger partial charge >= 0.3 is 0 Å². The third-order valence-electron chi connectivity index (χ3n) is 2.86. The zero-order valence-corrected chi connectivity index (χ0v) is 7.23. The molecule has 0 bridgehead atoms. The highest BCUT2D eigenvalue weighted by Crippen LogP contribution is 2.55. The first-order valence-electron chi connectivity index (χ1n) is 3.96. The van der Waals surface area contributed by atoms with Crippen LogP contribution >= 0.6 is 15.9 Å². The molecule has 0 nitrogen and oxygen atoms in total. The molecule has 0 aromatic heterocycles. The Kier molecular flexibility index (Phi) is 1.56. The summed E-state index contributed by atoms with van der Waals surface area (Å²) in [6, 6.07) is 0. The lowest BCUT2D eigenvalue weighted by Gasteiger charge is -2.07. The third kappa shape index (κ3) is 1.17. The van der Waals surface area contributed by atoms with Crippen molar-refractivity contribution in [1.82, 2.24) is 0 Å². The summed E-state index contributed by atoms with van der Waals surface area (Å²) < 4.78 is 0. The fourth-order valence-corrected chi connectivity index (χ4v) is 2.88. The molecule has 0 spiro atoms. The Hall–Kier alpha value is 0.480. The number of hydrogen-bond donors (Lipinski definition) is 0. The molecule has 0 aromatic rings. The molecule has 2 atom stereocenters. The molecule has 0 aromatic carbocycles. The van der Waals surface area contributed by atoms with Gasteiger partial charge in [0.15, 0.2) is 0 Å². The molecule has 1 heteroatoms. The van der Waals surface area contributed by atoms with Crippen molar-refractivity contribution in [2.45, 2.75) is 25.7 Å². The second-order valence-corrected chi connectivity index (χ2v) is 4.36. The molecule has 0 saturated heterocycles. The second kappa shape index (κ2) is 2.26. The molecule has 0 radical (unpaired) electrons. The van der Waals surface area contributed by atoms with Crippen molar-refractivity contribution in [3.63, 3.8) is 0 Å². The molecule has 9 heavy (non-hydrogen) atoms. The number of fused-ring (bicyclic) bond motifs is 1. The lowest BCUT2D eigenvalue weighted by atomic mass is 10.0. The van der Waals surface area contributed by atoms with Crippen molar-refractivity contribution in [2.75, 3.05) is 5.33 Å². The molecule has 2 aliphatic carbocycles. The van der Waals surface area contributed by atoms with Gasteiger partial charge in [-0.25, -0.2) is 0 Å². The first-order valence-corrected chi connectivity index (χ1v) is 5.08. The van der Waals surface area contributed by atoms with Crippen LogP contribution in [0.15, 0.2) is 0 Å². The minimum atomic E-state index is 1.09. The SMILES string of the molecule is BrCCC1CC2CC2C1. The molecular weight excluding hydrogens is 176 g/mol. The molecule has 0 heterocycles. The topological polar surface area (TPSA) is 0 Å². The van der Waals surface area contributed by atoms with Gasteiger partial charge in [0.25, 0.3) is 0 Å². The third-order valence-corrected chi connectivity index (χ3v) is 3.32. The number of rotatable bonds is 2. The van der Waals surface area contributed by atoms with Crippen LogP contribution < -0.4 is 0 Å². The van der Waals surface area contributed by atoms with Crippen LogP contribution in [0.3, 0.4) is 0 Å². The van der Waals surface area contributed by atoms with E-state index in [1.807, 2.05) is 0 Å². The van der Waals surface area contributed by atoms with E-state index in [2.05, 4.69) is 15.9 Å². The predicted octanol–water partition coefficient (Wildman–Crippen LogP) is 2.82. The summed E-state index contributed by atoms with van der Waals surface area (Å²) in [6.45, 7) is 0. The minimum Gasteiger partial charge on any atom is -0.0928 e. The Balaban J connectivity index is 1.77. The van der Waals surface area contributed by atoms with Gasteiger partial charge in [0, 0.05) is 5.33 Å². The first kappa shape index (κ1) is 6.21. The van der Waals surface area contributed by atoms with E-state index >= 15 is 0 Å². The molecule has 2 rings (SSSR count). The summed E-state index contributed by atoms with van der Waals surface area (Å²) in [6.07, 6.45) is 6.10. The summed E-state index contributed by atoms with van der Waals surface area (Å²) in [5.74, 6) is 3.44. The van der Waals surface area contributed by atoms with Crippen molar-refractivity contribution >= 4 is 15.9 Å². The van der Waals surface area contributed by atoms with E-state index in [-0.39, 0.29) is 0 Å². The summed E-state index contributed by atoms with van der Waals surface area (Å²) in [5.41, 5.74) is 0. The molecular formula is C8H13Br. The fourth-order valence-electron chi connectivity index (χ4n) is 2.23. The highest BCUT2D eigenvalue weighted by atomic mass is 79.9. The van der Waals surface area contributed by atoms with Gasteiger partial charge in [0.05, 0.1) is 0 Å². The predicted molar refractivity (Wildman–Crippen MR) is 42.7 cm³/mol. The number of hydrogen-bond acceptors (Lipinski definition) is 0. The summed E-state index contributed by atoms with van der Waals surface area (Å²) >= 11 is 3.49. The van der Waals surface area contributed by atoms with E-state index in [9.17, 15) is 0 Å². The average Bonchev–Trinajstić information content (AvgIpc) is 2.42. The van der Waals surface area contributed by atoms with Crippen molar-refractivity contribution in [2.24, 2.45) is 17.8 Å². The molecule has 0 amide bonds. The summed E-state index contributed by atoms with van der Waals surface area (Å²) in [5, 5.41) is 1.22. The summed E-state index contributed by atoms with van der Waals surface area (Å²) in [7, 11) is 0. The van der Waals surface area contributed by atoms with Crippen molar-refractivity contribution < 1.29 is 0 Å². The lowest BCUT2D eigenvalue weighted by Crippen LogP contribution is -1.96. The molecule has 0 N–H and O–H groups in total. The monoisotopic (exact) mass is 188 g/mol. The second-order valence-electron chi connectivity index (χ2n) is 3.57. The standard InChI is InChI=1S/C8H13Br/c9-2-1-6-3-7-5-8(7)4-6/h6-8H,1-5H2. The van der Waals surface area contributed by atoms with Gasteiger partial charge in [-0.15, -0.1) is 0 Å². The van der Waals surface area contributed by atoms with Crippen LogP contribution in [0.5, 0.6) is 0 Å². The number of halogens is 1. The smallest absolute Gasteiger partial charge is 0.00339 e. The minimum absolute atomic E-state index is 1.09. The molecule has 0 aliphatic heterocycles. The zero-order chi connectivity index (χ0) is 6.27. The normalized spacial score (nSPS) is 47.0. The fraction of sp³-hybridized carbons (Fsp3) is 1.00. The van der Waals surface area contributed by atoms with E-state index in [0.717, 1.165) is 5.92 Å². The highest BCUT2D eigenvalue weighted by Gasteiger charge is 2.45. The zero-order valence-electron chi connectivity index (χ0n) is 5.65. The first-order chi connectivity index (χ1) is 4.40. The molecule has 2 saturated carbocycles. The maximum atomic E-state index is 3.49. The molecule has 2 unspecified atom stereocenters. The van der Waals surface area contributed by atoms with E-state index < -0.39 is 0 Å². The maximum absolute atomic E-state index is 3.49. The van der Waals surface area contributed by atoms with Gasteiger partial charge in [0.1, 0.15) is 0 Å². The van der Waals surface area contributed by atoms with Crippen LogP contribution in [0.25, 0.3) is 0 Å². The van der Waals surface area contributed by atoms with Crippen LogP contribution in [0.1, 0.15) is 25.7 Å². The Bertz CT molecular complexity index is 101.